The lowest BCUT2D eigenvalue weighted by Crippen LogP contribution is -2.21. The van der Waals surface area contributed by atoms with E-state index >= 15 is 0 Å². The molecule has 0 bridgehead atoms. The monoisotopic (exact) mass is 396 g/mol. The fourth-order valence-electron chi connectivity index (χ4n) is 3.16. The number of hydrogen-bond donors (Lipinski definition) is 0. The number of hydrogen-bond acceptors (Lipinski definition) is 4. The van der Waals surface area contributed by atoms with E-state index in [-0.39, 0.29) is 11.3 Å². The van der Waals surface area contributed by atoms with Gasteiger partial charge in [0, 0.05) is 12.7 Å². The lowest BCUT2D eigenvalue weighted by Gasteiger charge is -2.25. The number of sulfone groups is 1. The van der Waals surface area contributed by atoms with Crippen LogP contribution < -0.4 is 5.01 Å². The molecule has 1 aliphatic heterocycles. The molecule has 2 aromatic carbocycles. The van der Waals surface area contributed by atoms with Crippen molar-refractivity contribution in [1.29, 1.82) is 0 Å². The van der Waals surface area contributed by atoms with Crippen LogP contribution >= 0.6 is 0 Å². The summed E-state index contributed by atoms with van der Waals surface area (Å²) in [6, 6.07) is 10.7. The van der Waals surface area contributed by atoms with E-state index in [4.69, 9.17) is 0 Å². The van der Waals surface area contributed by atoms with Crippen LogP contribution in [0.3, 0.4) is 0 Å². The molecule has 3 rings (SSSR count). The van der Waals surface area contributed by atoms with E-state index in [1.807, 2.05) is 26.0 Å². The van der Waals surface area contributed by atoms with Gasteiger partial charge >= 0.3 is 6.18 Å². The van der Waals surface area contributed by atoms with E-state index < -0.39 is 27.8 Å². The van der Waals surface area contributed by atoms with E-state index in [2.05, 4.69) is 5.10 Å². The molecule has 0 aliphatic carbocycles. The number of hydrazone groups is 1. The van der Waals surface area contributed by atoms with Gasteiger partial charge in [0.15, 0.2) is 9.84 Å². The number of benzene rings is 2. The van der Waals surface area contributed by atoms with Gasteiger partial charge in [-0.1, -0.05) is 29.8 Å². The first-order chi connectivity index (χ1) is 12.5. The molecule has 0 fully saturated rings. The number of rotatable bonds is 3. The molecular weight excluding hydrogens is 377 g/mol. The first-order valence-electron chi connectivity index (χ1n) is 8.28. The van der Waals surface area contributed by atoms with Crippen LogP contribution in [0.4, 0.5) is 18.9 Å². The zero-order valence-electron chi connectivity index (χ0n) is 15.1. The Balaban J connectivity index is 2.05. The highest BCUT2D eigenvalue weighted by atomic mass is 32.2. The second-order valence-electron chi connectivity index (χ2n) is 6.74. The molecule has 0 aromatic heterocycles. The molecule has 0 radical (unpaired) electrons. The summed E-state index contributed by atoms with van der Waals surface area (Å²) in [6.07, 6.45) is -3.72. The quantitative estimate of drug-likeness (QED) is 0.763. The van der Waals surface area contributed by atoms with Crippen LogP contribution in [-0.4, -0.2) is 26.6 Å². The Labute approximate surface area is 156 Å². The molecular formula is C19H19F3N2O2S. The highest BCUT2D eigenvalue weighted by molar-refractivity contribution is 7.90. The zero-order chi connectivity index (χ0) is 20.0. The fourth-order valence-corrected chi connectivity index (χ4v) is 3.79. The first-order valence-corrected chi connectivity index (χ1v) is 10.2. The summed E-state index contributed by atoms with van der Waals surface area (Å²) in [5.74, 6) is 0. The smallest absolute Gasteiger partial charge is 0.257 e. The van der Waals surface area contributed by atoms with Crippen molar-refractivity contribution in [2.24, 2.45) is 5.10 Å². The largest absolute Gasteiger partial charge is 0.431 e. The van der Waals surface area contributed by atoms with Gasteiger partial charge in [-0.25, -0.2) is 8.42 Å². The molecule has 4 nitrogen and oxygen atoms in total. The van der Waals surface area contributed by atoms with E-state index in [9.17, 15) is 21.6 Å². The molecule has 0 spiro atoms. The Kier molecular flexibility index (Phi) is 4.80. The highest BCUT2D eigenvalue weighted by Crippen LogP contribution is 2.40. The molecule has 1 heterocycles. The Bertz CT molecular complexity index is 997. The summed E-state index contributed by atoms with van der Waals surface area (Å²) >= 11 is 0. The van der Waals surface area contributed by atoms with Gasteiger partial charge in [0.1, 0.15) is 5.71 Å². The maximum Gasteiger partial charge on any atom is 0.431 e. The van der Waals surface area contributed by atoms with Crippen LogP contribution in [0.2, 0.25) is 0 Å². The van der Waals surface area contributed by atoms with Crippen molar-refractivity contribution in [3.8, 4) is 0 Å². The van der Waals surface area contributed by atoms with Crippen LogP contribution in [-0.2, 0) is 9.84 Å². The minimum absolute atomic E-state index is 0.124. The van der Waals surface area contributed by atoms with E-state index in [0.717, 1.165) is 17.4 Å². The van der Waals surface area contributed by atoms with Crippen molar-refractivity contribution in [3.63, 3.8) is 0 Å². The molecule has 0 saturated carbocycles. The van der Waals surface area contributed by atoms with Gasteiger partial charge in [-0.3, -0.25) is 5.01 Å². The van der Waals surface area contributed by atoms with Crippen LogP contribution in [0, 0.1) is 13.8 Å². The first kappa shape index (κ1) is 19.4. The molecule has 1 aliphatic rings. The van der Waals surface area contributed by atoms with Crippen molar-refractivity contribution >= 4 is 21.2 Å². The lowest BCUT2D eigenvalue weighted by atomic mass is 10.0. The van der Waals surface area contributed by atoms with Gasteiger partial charge in [-0.05, 0) is 43.2 Å². The molecule has 2 aromatic rings. The second-order valence-corrected chi connectivity index (χ2v) is 8.76. The predicted octanol–water partition coefficient (Wildman–Crippen LogP) is 4.58. The summed E-state index contributed by atoms with van der Waals surface area (Å²) < 4.78 is 63.1. The summed E-state index contributed by atoms with van der Waals surface area (Å²) in [5.41, 5.74) is 2.14. The number of halogens is 3. The van der Waals surface area contributed by atoms with Gasteiger partial charge in [-0.2, -0.15) is 18.3 Å². The normalized spacial score (nSPS) is 17.9. The number of nitrogens with zero attached hydrogens (tertiary/aromatic N) is 2. The molecule has 0 N–H and O–H groups in total. The van der Waals surface area contributed by atoms with Gasteiger partial charge in [-0.15, -0.1) is 0 Å². The van der Waals surface area contributed by atoms with Crippen molar-refractivity contribution < 1.29 is 21.6 Å². The standard InChI is InChI=1S/C19H19F3N2O2S/c1-12-4-9-16(13(2)10-12)24-17(11-18(23-24)19(20,21)22)14-5-7-15(8-6-14)27(3,25)26/h4-10,17H,11H2,1-3H3. The molecule has 1 unspecified atom stereocenters. The summed E-state index contributed by atoms with van der Waals surface area (Å²) in [6.45, 7) is 3.74. The summed E-state index contributed by atoms with van der Waals surface area (Å²) in [7, 11) is -3.38. The predicted molar refractivity (Wildman–Crippen MR) is 98.8 cm³/mol. The molecule has 0 saturated heterocycles. The highest BCUT2D eigenvalue weighted by Gasteiger charge is 2.43. The third-order valence-electron chi connectivity index (χ3n) is 4.53. The number of anilines is 1. The Morgan fingerprint density at radius 1 is 1.07 bits per heavy atom. The fraction of sp³-hybridized carbons (Fsp3) is 0.316. The Morgan fingerprint density at radius 3 is 2.22 bits per heavy atom. The number of aryl methyl sites for hydroxylation is 2. The topological polar surface area (TPSA) is 49.7 Å². The minimum Gasteiger partial charge on any atom is -0.257 e. The van der Waals surface area contributed by atoms with Gasteiger partial charge in [0.2, 0.25) is 0 Å². The molecule has 27 heavy (non-hydrogen) atoms. The number of alkyl halides is 3. The van der Waals surface area contributed by atoms with E-state index in [1.165, 1.54) is 17.1 Å². The van der Waals surface area contributed by atoms with E-state index in [0.29, 0.717) is 11.3 Å². The third kappa shape index (κ3) is 4.00. The van der Waals surface area contributed by atoms with Crippen LogP contribution in [0.15, 0.2) is 52.5 Å². The maximum absolute atomic E-state index is 13.3. The Hall–Kier alpha value is -2.35. The van der Waals surface area contributed by atoms with Gasteiger partial charge in [0.05, 0.1) is 16.6 Å². The molecule has 1 atom stereocenters. The third-order valence-corrected chi connectivity index (χ3v) is 5.66. The van der Waals surface area contributed by atoms with Crippen LogP contribution in [0.1, 0.15) is 29.2 Å². The van der Waals surface area contributed by atoms with Crippen LogP contribution in [0.5, 0.6) is 0 Å². The molecule has 144 valence electrons. The molecule has 0 amide bonds. The van der Waals surface area contributed by atoms with Crippen molar-refractivity contribution in [2.45, 2.75) is 37.4 Å². The van der Waals surface area contributed by atoms with Crippen molar-refractivity contribution in [3.05, 3.63) is 59.2 Å². The molecule has 8 heteroatoms. The average molecular weight is 396 g/mol. The maximum atomic E-state index is 13.3. The summed E-state index contributed by atoms with van der Waals surface area (Å²) in [4.78, 5) is 0.124. The lowest BCUT2D eigenvalue weighted by molar-refractivity contribution is -0.0600. The van der Waals surface area contributed by atoms with Crippen molar-refractivity contribution in [1.82, 2.24) is 0 Å². The van der Waals surface area contributed by atoms with Crippen LogP contribution in [0.25, 0.3) is 0 Å². The Morgan fingerprint density at radius 2 is 1.70 bits per heavy atom. The summed E-state index contributed by atoms with van der Waals surface area (Å²) in [5, 5.41) is 5.24. The second kappa shape index (κ2) is 6.67. The van der Waals surface area contributed by atoms with Gasteiger partial charge in [0.25, 0.3) is 0 Å². The van der Waals surface area contributed by atoms with Crippen molar-refractivity contribution in [2.75, 3.05) is 11.3 Å². The zero-order valence-corrected chi connectivity index (χ0v) is 15.9. The van der Waals surface area contributed by atoms with Gasteiger partial charge < -0.3 is 0 Å². The SMILES string of the molecule is Cc1ccc(N2N=C(C(F)(F)F)CC2c2ccc(S(C)(=O)=O)cc2)c(C)c1. The minimum atomic E-state index is -4.52. The van der Waals surface area contributed by atoms with E-state index in [1.54, 1.807) is 18.2 Å². The average Bonchev–Trinajstić information content (AvgIpc) is 2.99.